The molecule has 1 rings (SSSR count). The average molecular weight is 230 g/mol. The number of aromatic nitrogens is 1. The number of hydrogen-bond acceptors (Lipinski definition) is 4. The lowest BCUT2D eigenvalue weighted by molar-refractivity contribution is 0.572. The molecule has 0 saturated heterocycles. The minimum Gasteiger partial charge on any atom is -0.365 e. The third-order valence-electron chi connectivity index (χ3n) is 2.39. The highest BCUT2D eigenvalue weighted by Crippen LogP contribution is 2.19. The van der Waals surface area contributed by atoms with Crippen LogP contribution in [0.25, 0.3) is 0 Å². The zero-order valence-electron chi connectivity index (χ0n) is 9.35. The van der Waals surface area contributed by atoms with Gasteiger partial charge in [-0.1, -0.05) is 13.8 Å². The molecule has 0 spiro atoms. The van der Waals surface area contributed by atoms with Gasteiger partial charge in [0.1, 0.15) is 0 Å². The van der Waals surface area contributed by atoms with E-state index in [0.717, 1.165) is 18.9 Å². The van der Waals surface area contributed by atoms with Crippen molar-refractivity contribution in [1.82, 2.24) is 4.98 Å². The number of hydrogen-bond donors (Lipinski definition) is 3. The Morgan fingerprint density at radius 1 is 1.25 bits per heavy atom. The second-order valence-electron chi connectivity index (χ2n) is 3.45. The topological polar surface area (TPSA) is 63.0 Å². The number of nitrogen functional groups attached to an aromatic ring is 1. The summed E-state index contributed by atoms with van der Waals surface area (Å²) in [7, 11) is 0. The van der Waals surface area contributed by atoms with Crippen LogP contribution in [0.15, 0.2) is 6.07 Å². The molecular weight excluding hydrogens is 214 g/mol. The Hall–Kier alpha value is -1.43. The van der Waals surface area contributed by atoms with Gasteiger partial charge in [0.05, 0.1) is 0 Å². The van der Waals surface area contributed by atoms with Crippen LogP contribution < -0.4 is 16.6 Å². The molecule has 0 fully saturated rings. The molecule has 1 heterocycles. The van der Waals surface area contributed by atoms with Crippen molar-refractivity contribution in [2.24, 2.45) is 5.84 Å². The van der Waals surface area contributed by atoms with Crippen molar-refractivity contribution in [2.45, 2.75) is 32.7 Å². The summed E-state index contributed by atoms with van der Waals surface area (Å²) >= 11 is 0. The predicted octanol–water partition coefficient (Wildman–Crippen LogP) is 2.25. The number of anilines is 2. The third kappa shape index (κ3) is 2.79. The molecule has 0 amide bonds. The largest absolute Gasteiger partial charge is 0.365 e. The fourth-order valence-electron chi connectivity index (χ4n) is 1.36. The molecule has 0 bridgehead atoms. The second kappa shape index (κ2) is 5.60. The molecule has 0 unspecified atom stereocenters. The molecule has 0 aliphatic carbocycles. The summed E-state index contributed by atoms with van der Waals surface area (Å²) in [6, 6.07) is 0.866. The van der Waals surface area contributed by atoms with Gasteiger partial charge in [-0.25, -0.2) is 19.6 Å². The van der Waals surface area contributed by atoms with E-state index >= 15 is 0 Å². The Morgan fingerprint density at radius 2 is 1.81 bits per heavy atom. The van der Waals surface area contributed by atoms with Crippen molar-refractivity contribution in [3.05, 3.63) is 17.7 Å². The van der Waals surface area contributed by atoms with Crippen molar-refractivity contribution in [1.29, 1.82) is 0 Å². The van der Waals surface area contributed by atoms with Crippen LogP contribution in [0.2, 0.25) is 0 Å². The normalized spacial score (nSPS) is 10.6. The molecule has 0 radical (unpaired) electrons. The van der Waals surface area contributed by atoms with Gasteiger partial charge in [0.2, 0.25) is 0 Å². The molecule has 1 aromatic rings. The summed E-state index contributed by atoms with van der Waals surface area (Å²) in [5.74, 6) is 3.38. The number of rotatable bonds is 5. The maximum Gasteiger partial charge on any atom is 0.178 e. The standard InChI is InChI=1S/C10H16F2N4/c1-3-6(4-2)14-9-7(11)5-8(12)10(15-9)16-13/h5-6H,3-4,13H2,1-2H3,(H2,14,15,16). The Labute approximate surface area is 93.2 Å². The van der Waals surface area contributed by atoms with Crippen molar-refractivity contribution < 1.29 is 8.78 Å². The molecule has 0 aromatic carbocycles. The van der Waals surface area contributed by atoms with Gasteiger partial charge in [-0.3, -0.25) is 0 Å². The lowest BCUT2D eigenvalue weighted by atomic mass is 10.2. The van der Waals surface area contributed by atoms with Crippen LogP contribution in [0, 0.1) is 11.6 Å². The fraction of sp³-hybridized carbons (Fsp3) is 0.500. The first-order chi connectivity index (χ1) is 7.62. The van der Waals surface area contributed by atoms with Crippen molar-refractivity contribution in [2.75, 3.05) is 10.7 Å². The molecule has 0 aliphatic rings. The highest BCUT2D eigenvalue weighted by molar-refractivity contribution is 5.47. The molecule has 16 heavy (non-hydrogen) atoms. The van der Waals surface area contributed by atoms with E-state index in [4.69, 9.17) is 5.84 Å². The summed E-state index contributed by atoms with van der Waals surface area (Å²) in [5.41, 5.74) is 2.08. The fourth-order valence-corrected chi connectivity index (χ4v) is 1.36. The van der Waals surface area contributed by atoms with Crippen LogP contribution in [-0.2, 0) is 0 Å². The summed E-state index contributed by atoms with van der Waals surface area (Å²) in [6.07, 6.45) is 1.67. The average Bonchev–Trinajstić information content (AvgIpc) is 2.28. The van der Waals surface area contributed by atoms with E-state index in [1.165, 1.54) is 0 Å². The van der Waals surface area contributed by atoms with Crippen LogP contribution in [0.3, 0.4) is 0 Å². The Balaban J connectivity index is 2.95. The highest BCUT2D eigenvalue weighted by atomic mass is 19.1. The summed E-state index contributed by atoms with van der Waals surface area (Å²) in [6.45, 7) is 3.95. The smallest absolute Gasteiger partial charge is 0.178 e. The van der Waals surface area contributed by atoms with Gasteiger partial charge in [-0.2, -0.15) is 0 Å². The first-order valence-electron chi connectivity index (χ1n) is 5.21. The molecule has 1 aromatic heterocycles. The monoisotopic (exact) mass is 230 g/mol. The van der Waals surface area contributed by atoms with Crippen LogP contribution in [0.5, 0.6) is 0 Å². The second-order valence-corrected chi connectivity index (χ2v) is 3.45. The SMILES string of the molecule is CCC(CC)Nc1nc(NN)c(F)cc1F. The maximum absolute atomic E-state index is 13.4. The van der Waals surface area contributed by atoms with Crippen molar-refractivity contribution >= 4 is 11.6 Å². The van der Waals surface area contributed by atoms with Gasteiger partial charge < -0.3 is 10.7 Å². The van der Waals surface area contributed by atoms with E-state index in [-0.39, 0.29) is 17.7 Å². The highest BCUT2D eigenvalue weighted by Gasteiger charge is 2.13. The Bertz CT molecular complexity index is 353. The summed E-state index contributed by atoms with van der Waals surface area (Å²) in [5, 5.41) is 2.90. The predicted molar refractivity (Wildman–Crippen MR) is 60.0 cm³/mol. The zero-order chi connectivity index (χ0) is 12.1. The van der Waals surface area contributed by atoms with Gasteiger partial charge in [0, 0.05) is 12.1 Å². The van der Waals surface area contributed by atoms with Gasteiger partial charge in [-0.15, -0.1) is 0 Å². The third-order valence-corrected chi connectivity index (χ3v) is 2.39. The molecule has 4 nitrogen and oxygen atoms in total. The van der Waals surface area contributed by atoms with Gasteiger partial charge in [-0.05, 0) is 12.8 Å². The van der Waals surface area contributed by atoms with E-state index in [2.05, 4.69) is 15.7 Å². The molecule has 0 saturated carbocycles. The Kier molecular flexibility index (Phi) is 4.42. The number of nitrogens with one attached hydrogen (secondary N) is 2. The summed E-state index contributed by atoms with van der Waals surface area (Å²) < 4.78 is 26.4. The summed E-state index contributed by atoms with van der Waals surface area (Å²) in [4.78, 5) is 3.73. The number of hydrazine groups is 1. The molecule has 6 heteroatoms. The number of nitrogens with two attached hydrogens (primary N) is 1. The van der Waals surface area contributed by atoms with E-state index in [0.29, 0.717) is 0 Å². The van der Waals surface area contributed by atoms with E-state index in [1.807, 2.05) is 13.8 Å². The zero-order valence-corrected chi connectivity index (χ0v) is 9.35. The lowest BCUT2D eigenvalue weighted by Crippen LogP contribution is -2.20. The van der Waals surface area contributed by atoms with Crippen LogP contribution in [-0.4, -0.2) is 11.0 Å². The first kappa shape index (κ1) is 12.6. The Morgan fingerprint density at radius 3 is 2.31 bits per heavy atom. The molecule has 90 valence electrons. The molecule has 4 N–H and O–H groups in total. The minimum atomic E-state index is -0.810. The van der Waals surface area contributed by atoms with E-state index in [1.54, 1.807) is 0 Å². The quantitative estimate of drug-likeness (QED) is 0.536. The van der Waals surface area contributed by atoms with Gasteiger partial charge in [0.15, 0.2) is 23.3 Å². The first-order valence-corrected chi connectivity index (χ1v) is 5.21. The maximum atomic E-state index is 13.4. The van der Waals surface area contributed by atoms with E-state index in [9.17, 15) is 8.78 Å². The number of nitrogens with zero attached hydrogens (tertiary/aromatic N) is 1. The van der Waals surface area contributed by atoms with Gasteiger partial charge in [0.25, 0.3) is 0 Å². The molecule has 0 aliphatic heterocycles. The van der Waals surface area contributed by atoms with E-state index < -0.39 is 11.6 Å². The van der Waals surface area contributed by atoms with Crippen molar-refractivity contribution in [3.63, 3.8) is 0 Å². The lowest BCUT2D eigenvalue weighted by Gasteiger charge is -2.16. The minimum absolute atomic E-state index is 0.0167. The molecular formula is C10H16F2N4. The van der Waals surface area contributed by atoms with Crippen LogP contribution in [0.4, 0.5) is 20.4 Å². The van der Waals surface area contributed by atoms with Gasteiger partial charge >= 0.3 is 0 Å². The van der Waals surface area contributed by atoms with Crippen LogP contribution in [0.1, 0.15) is 26.7 Å². The number of halogens is 2. The molecule has 0 atom stereocenters. The van der Waals surface area contributed by atoms with Crippen molar-refractivity contribution in [3.8, 4) is 0 Å². The van der Waals surface area contributed by atoms with Crippen LogP contribution >= 0.6 is 0 Å². The number of pyridine rings is 1.